The minimum absolute atomic E-state index is 0.0733. The number of nitrogens with one attached hydrogen (secondary N) is 8. The molecule has 2 rings (SSSR count). The molecule has 6 unspecified atom stereocenters. The van der Waals surface area contributed by atoms with Crippen molar-refractivity contribution in [3.63, 3.8) is 0 Å². The normalized spacial score (nSPS) is 21.0. The Morgan fingerprint density at radius 1 is 0.800 bits per heavy atom. The van der Waals surface area contributed by atoms with Gasteiger partial charge in [0.15, 0.2) is 0 Å². The fraction of sp³-hybridized carbons (Fsp3) is 0.550. The van der Waals surface area contributed by atoms with Crippen molar-refractivity contribution < 1.29 is 62.6 Å². The van der Waals surface area contributed by atoms with Crippen molar-refractivity contribution in [3.8, 4) is 5.75 Å². The Balaban J connectivity index is 2.58. The molecule has 0 bridgehead atoms. The molecular formula is C40H60N12O13. The molecule has 65 heavy (non-hydrogen) atoms. The number of hydrogen-bond donors (Lipinski definition) is 12. The highest BCUT2D eigenvalue weighted by molar-refractivity contribution is 5.99. The standard InChI is InChI=1S/C40H60N12O13/c1-6-20(2)33-37(63)47-23(11-13-27(41)54)34(60)49-26(16-28(42)55)35(61)48-24(38(64)52(5)19-32(59)51-40(3,4)39(65)45-17-29(43)56)12-14-30(57)44-18-31(58)46-25(36(62)50-33)15-21-7-9-22(53)10-8-21/h7-10,20,23-26,33,53H,6,11-19H2,1-5H3,(H2,41,54)(H2,42,55)(H2,43,56)(H,44,57)(H,45,65)(H,46,58)(H,47,63)(H,48,61)(H,49,60)(H,50,62)(H,51,59). The lowest BCUT2D eigenvalue weighted by Crippen LogP contribution is -2.61. The summed E-state index contributed by atoms with van der Waals surface area (Å²) in [5.74, 6) is -11.9. The second-order valence-corrected chi connectivity index (χ2v) is 16.1. The number of amides is 12. The van der Waals surface area contributed by atoms with Crippen molar-refractivity contribution in [2.75, 3.05) is 26.7 Å². The van der Waals surface area contributed by atoms with Gasteiger partial charge in [0.05, 0.1) is 26.1 Å². The predicted molar refractivity (Wildman–Crippen MR) is 227 cm³/mol. The smallest absolute Gasteiger partial charge is 0.245 e. The van der Waals surface area contributed by atoms with E-state index in [1.165, 1.54) is 38.1 Å². The number of nitrogens with two attached hydrogens (primary N) is 3. The second-order valence-electron chi connectivity index (χ2n) is 16.1. The number of phenolic OH excluding ortho intramolecular Hbond substituents is 1. The first-order valence-electron chi connectivity index (χ1n) is 20.6. The first-order chi connectivity index (χ1) is 30.3. The Morgan fingerprint density at radius 3 is 1.98 bits per heavy atom. The Morgan fingerprint density at radius 2 is 1.40 bits per heavy atom. The van der Waals surface area contributed by atoms with Gasteiger partial charge < -0.3 is 69.7 Å². The molecule has 25 heteroatoms. The third-order valence-corrected chi connectivity index (χ3v) is 10.1. The summed E-state index contributed by atoms with van der Waals surface area (Å²) < 4.78 is 0. The molecule has 1 fully saturated rings. The number of nitrogens with zero attached hydrogens (tertiary/aromatic N) is 1. The number of primary amides is 3. The van der Waals surface area contributed by atoms with E-state index in [0.717, 1.165) is 11.9 Å². The molecular weight excluding hydrogens is 857 g/mol. The molecule has 0 saturated carbocycles. The van der Waals surface area contributed by atoms with Gasteiger partial charge in [-0.25, -0.2) is 0 Å². The number of carbonyl (C=O) groups is 12. The summed E-state index contributed by atoms with van der Waals surface area (Å²) in [4.78, 5) is 157. The van der Waals surface area contributed by atoms with Gasteiger partial charge in [-0.1, -0.05) is 32.4 Å². The number of rotatable bonds is 16. The van der Waals surface area contributed by atoms with Gasteiger partial charge in [-0.15, -0.1) is 0 Å². The minimum atomic E-state index is -1.83. The van der Waals surface area contributed by atoms with E-state index in [4.69, 9.17) is 17.2 Å². The highest BCUT2D eigenvalue weighted by atomic mass is 16.3. The van der Waals surface area contributed by atoms with Crippen LogP contribution in [0.5, 0.6) is 5.75 Å². The van der Waals surface area contributed by atoms with Crippen LogP contribution in [0.3, 0.4) is 0 Å². The third kappa shape index (κ3) is 18.5. The van der Waals surface area contributed by atoms with Crippen LogP contribution >= 0.6 is 0 Å². The average Bonchev–Trinajstić information content (AvgIpc) is 3.22. The fourth-order valence-electron chi connectivity index (χ4n) is 6.24. The molecule has 6 atom stereocenters. The second kappa shape index (κ2) is 25.1. The van der Waals surface area contributed by atoms with Gasteiger partial charge in [0.2, 0.25) is 70.9 Å². The van der Waals surface area contributed by atoms with Crippen LogP contribution in [0.1, 0.15) is 71.8 Å². The summed E-state index contributed by atoms with van der Waals surface area (Å²) in [6.45, 7) is 4.03. The molecule has 1 heterocycles. The first-order valence-corrected chi connectivity index (χ1v) is 20.6. The maximum absolute atomic E-state index is 13.9. The first kappa shape index (κ1) is 53.8. The Labute approximate surface area is 374 Å². The maximum atomic E-state index is 13.9. The summed E-state index contributed by atoms with van der Waals surface area (Å²) in [5.41, 5.74) is 14.7. The van der Waals surface area contributed by atoms with Crippen LogP contribution in [0.4, 0.5) is 0 Å². The topological polar surface area (TPSA) is 403 Å². The van der Waals surface area contributed by atoms with Crippen LogP contribution < -0.4 is 59.7 Å². The van der Waals surface area contributed by atoms with Crippen molar-refractivity contribution in [2.24, 2.45) is 23.1 Å². The van der Waals surface area contributed by atoms with E-state index in [9.17, 15) is 62.6 Å². The number of benzene rings is 1. The molecule has 12 amide bonds. The zero-order valence-corrected chi connectivity index (χ0v) is 36.9. The molecule has 1 aromatic rings. The lowest BCUT2D eigenvalue weighted by atomic mass is 9.96. The number of phenols is 1. The van der Waals surface area contributed by atoms with Crippen LogP contribution in [-0.4, -0.2) is 143 Å². The van der Waals surface area contributed by atoms with E-state index in [-0.39, 0.29) is 12.2 Å². The zero-order valence-electron chi connectivity index (χ0n) is 36.9. The number of aromatic hydroxyl groups is 1. The van der Waals surface area contributed by atoms with E-state index in [1.807, 2.05) is 0 Å². The van der Waals surface area contributed by atoms with Crippen LogP contribution in [0.25, 0.3) is 0 Å². The van der Waals surface area contributed by atoms with Crippen LogP contribution in [-0.2, 0) is 64.0 Å². The highest BCUT2D eigenvalue weighted by Gasteiger charge is 2.36. The molecule has 1 saturated heterocycles. The summed E-state index contributed by atoms with van der Waals surface area (Å²) in [6.07, 6.45) is -2.62. The predicted octanol–water partition coefficient (Wildman–Crippen LogP) is -5.59. The molecule has 0 spiro atoms. The zero-order chi connectivity index (χ0) is 49.2. The van der Waals surface area contributed by atoms with Gasteiger partial charge in [-0.05, 0) is 50.3 Å². The Kier molecular flexibility index (Phi) is 20.8. The molecule has 25 nitrogen and oxygen atoms in total. The summed E-state index contributed by atoms with van der Waals surface area (Å²) >= 11 is 0. The Bertz CT molecular complexity index is 1980. The van der Waals surface area contributed by atoms with Gasteiger partial charge in [-0.2, -0.15) is 0 Å². The SMILES string of the molecule is CCC(C)C1NC(=O)C(Cc2ccc(O)cc2)NC(=O)CNC(=O)CCC(C(=O)N(C)CC(=O)NC(C)(C)C(=O)NCC(N)=O)NC(=O)C(CC(N)=O)NC(=O)C(CCC(N)=O)NC1=O. The summed E-state index contributed by atoms with van der Waals surface area (Å²) in [6, 6.07) is -2.14. The molecule has 15 N–H and O–H groups in total. The van der Waals surface area contributed by atoms with Gasteiger partial charge >= 0.3 is 0 Å². The number of hydrogen-bond acceptors (Lipinski definition) is 13. The van der Waals surface area contributed by atoms with E-state index in [2.05, 4.69) is 42.5 Å². The average molecular weight is 917 g/mol. The lowest BCUT2D eigenvalue weighted by molar-refractivity contribution is -0.140. The lowest BCUT2D eigenvalue weighted by Gasteiger charge is -2.30. The highest BCUT2D eigenvalue weighted by Crippen LogP contribution is 2.14. The molecule has 0 radical (unpaired) electrons. The van der Waals surface area contributed by atoms with Gasteiger partial charge in [-0.3, -0.25) is 57.5 Å². The molecule has 358 valence electrons. The van der Waals surface area contributed by atoms with Crippen molar-refractivity contribution in [1.82, 2.24) is 47.4 Å². The van der Waals surface area contributed by atoms with Gasteiger partial charge in [0, 0.05) is 26.3 Å². The third-order valence-electron chi connectivity index (χ3n) is 10.1. The van der Waals surface area contributed by atoms with Crippen molar-refractivity contribution in [3.05, 3.63) is 29.8 Å². The molecule has 0 aromatic heterocycles. The van der Waals surface area contributed by atoms with Crippen molar-refractivity contribution in [2.45, 2.75) is 108 Å². The number of carbonyl (C=O) groups excluding carboxylic acids is 12. The van der Waals surface area contributed by atoms with Gasteiger partial charge in [0.25, 0.3) is 0 Å². The molecule has 1 aromatic carbocycles. The molecule has 1 aliphatic heterocycles. The van der Waals surface area contributed by atoms with Crippen LogP contribution in [0.15, 0.2) is 24.3 Å². The van der Waals surface area contributed by atoms with Crippen LogP contribution in [0.2, 0.25) is 0 Å². The van der Waals surface area contributed by atoms with E-state index in [0.29, 0.717) is 12.0 Å². The van der Waals surface area contributed by atoms with Crippen molar-refractivity contribution >= 4 is 70.9 Å². The monoisotopic (exact) mass is 916 g/mol. The van der Waals surface area contributed by atoms with E-state index >= 15 is 0 Å². The largest absolute Gasteiger partial charge is 0.508 e. The van der Waals surface area contributed by atoms with E-state index in [1.54, 1.807) is 13.8 Å². The maximum Gasteiger partial charge on any atom is 0.245 e. The Hall–Kier alpha value is -7.34. The quantitative estimate of drug-likeness (QED) is 0.0737. The summed E-state index contributed by atoms with van der Waals surface area (Å²) in [5, 5.41) is 29.0. The van der Waals surface area contributed by atoms with Crippen LogP contribution in [0, 0.1) is 5.92 Å². The minimum Gasteiger partial charge on any atom is -0.508 e. The van der Waals surface area contributed by atoms with Gasteiger partial charge in [0.1, 0.15) is 41.5 Å². The molecule has 0 aliphatic carbocycles. The fourth-order valence-corrected chi connectivity index (χ4v) is 6.24. The van der Waals surface area contributed by atoms with E-state index < -0.39 is 164 Å². The number of likely N-dealkylation sites (N-methyl/N-ethyl adjacent to an activating group) is 1. The summed E-state index contributed by atoms with van der Waals surface area (Å²) in [7, 11) is 1.15. The molecule has 1 aliphatic rings. The van der Waals surface area contributed by atoms with Crippen molar-refractivity contribution in [1.29, 1.82) is 0 Å².